The Morgan fingerprint density at radius 3 is 2.50 bits per heavy atom. The van der Waals surface area contributed by atoms with Crippen molar-refractivity contribution in [3.63, 3.8) is 0 Å². The van der Waals surface area contributed by atoms with Gasteiger partial charge in [-0.2, -0.15) is 0 Å². The van der Waals surface area contributed by atoms with Crippen molar-refractivity contribution in [2.24, 2.45) is 0 Å². The Hall–Kier alpha value is -1.58. The third-order valence-electron chi connectivity index (χ3n) is 4.01. The van der Waals surface area contributed by atoms with Crippen molar-refractivity contribution in [2.75, 3.05) is 5.75 Å². The fourth-order valence-corrected chi connectivity index (χ4v) is 5.73. The molecule has 0 saturated carbocycles. The number of hydrogen-bond donors (Lipinski definition) is 2. The van der Waals surface area contributed by atoms with E-state index in [1.54, 1.807) is 29.6 Å². The van der Waals surface area contributed by atoms with E-state index < -0.39 is 5.97 Å². The summed E-state index contributed by atoms with van der Waals surface area (Å²) in [5.74, 6) is 0.682. The highest BCUT2D eigenvalue weighted by molar-refractivity contribution is 8.02. The second kappa shape index (κ2) is 11.4. The topological polar surface area (TPSA) is 100 Å². The minimum absolute atomic E-state index is 0.0994. The summed E-state index contributed by atoms with van der Waals surface area (Å²) >= 11 is 4.68. The van der Waals surface area contributed by atoms with Crippen LogP contribution in [-0.2, 0) is 17.0 Å². The fraction of sp³-hybridized carbons (Fsp3) is 0.474. The smallest absolute Gasteiger partial charge is 0.303 e. The first-order chi connectivity index (χ1) is 13.4. The fourth-order valence-electron chi connectivity index (χ4n) is 2.62. The molecule has 0 atom stereocenters. The average Bonchev–Trinajstić information content (AvgIpc) is 3.09. The highest BCUT2D eigenvalue weighted by Crippen LogP contribution is 2.35. The number of unbranched alkanes of at least 4 members (excludes halogenated alkanes) is 1. The van der Waals surface area contributed by atoms with E-state index in [0.29, 0.717) is 17.7 Å². The summed E-state index contributed by atoms with van der Waals surface area (Å²) in [4.78, 5) is 22.2. The number of nitrogens with zero attached hydrogens (tertiary/aromatic N) is 2. The Labute approximate surface area is 177 Å². The van der Waals surface area contributed by atoms with Gasteiger partial charge in [-0.15, -0.1) is 10.2 Å². The van der Waals surface area contributed by atoms with Crippen molar-refractivity contribution in [2.45, 2.75) is 60.4 Å². The van der Waals surface area contributed by atoms with Crippen LogP contribution in [0.4, 0.5) is 0 Å². The lowest BCUT2D eigenvalue weighted by atomic mass is 9.98. The molecule has 9 heteroatoms. The van der Waals surface area contributed by atoms with Crippen LogP contribution in [0.1, 0.15) is 61.0 Å². The van der Waals surface area contributed by atoms with Gasteiger partial charge in [0.25, 0.3) is 0 Å². The quantitative estimate of drug-likeness (QED) is 0.269. The molecule has 0 aliphatic rings. The molecule has 6 nitrogen and oxygen atoms in total. The van der Waals surface area contributed by atoms with Crippen LogP contribution in [0.2, 0.25) is 0 Å². The molecule has 2 rings (SSSR count). The van der Waals surface area contributed by atoms with Gasteiger partial charge in [0.1, 0.15) is 5.75 Å². The van der Waals surface area contributed by atoms with E-state index >= 15 is 0 Å². The summed E-state index contributed by atoms with van der Waals surface area (Å²) in [6, 6.07) is 3.60. The molecule has 28 heavy (non-hydrogen) atoms. The summed E-state index contributed by atoms with van der Waals surface area (Å²) in [6.45, 7) is 3.50. The molecule has 0 saturated heterocycles. The predicted octanol–water partition coefficient (Wildman–Crippen LogP) is 5.04. The molecular weight excluding hydrogens is 416 g/mol. The number of rotatable bonds is 12. The van der Waals surface area contributed by atoms with Gasteiger partial charge in [-0.3, -0.25) is 9.59 Å². The van der Waals surface area contributed by atoms with E-state index in [4.69, 9.17) is 5.11 Å². The highest BCUT2D eigenvalue weighted by Gasteiger charge is 2.16. The molecule has 1 aromatic heterocycles. The van der Waals surface area contributed by atoms with E-state index in [1.165, 1.54) is 18.3 Å². The third kappa shape index (κ3) is 6.79. The van der Waals surface area contributed by atoms with Gasteiger partial charge in [0.2, 0.25) is 0 Å². The molecule has 0 amide bonds. The lowest BCUT2D eigenvalue weighted by molar-refractivity contribution is -0.137. The van der Waals surface area contributed by atoms with Crippen molar-refractivity contribution < 1.29 is 19.8 Å². The van der Waals surface area contributed by atoms with Crippen LogP contribution in [0.3, 0.4) is 0 Å². The number of hydrogen-bond acceptors (Lipinski definition) is 8. The first-order valence-corrected chi connectivity index (χ1v) is 11.9. The van der Waals surface area contributed by atoms with E-state index in [0.717, 1.165) is 44.8 Å². The second-order valence-electron chi connectivity index (χ2n) is 6.23. The highest BCUT2D eigenvalue weighted by atomic mass is 32.2. The Balaban J connectivity index is 1.93. The van der Waals surface area contributed by atoms with Gasteiger partial charge < -0.3 is 10.2 Å². The molecule has 1 heterocycles. The monoisotopic (exact) mass is 440 g/mol. The van der Waals surface area contributed by atoms with Crippen molar-refractivity contribution in [3.8, 4) is 5.75 Å². The number of carbonyl (C=O) groups is 2. The minimum atomic E-state index is -0.760. The number of carbonyl (C=O) groups excluding carboxylic acids is 1. The summed E-state index contributed by atoms with van der Waals surface area (Å²) in [5.41, 5.74) is 2.21. The molecule has 0 aliphatic heterocycles. The van der Waals surface area contributed by atoms with Gasteiger partial charge in [0.15, 0.2) is 14.5 Å². The maximum Gasteiger partial charge on any atom is 0.303 e. The molecule has 152 valence electrons. The minimum Gasteiger partial charge on any atom is -0.507 e. The zero-order valence-electron chi connectivity index (χ0n) is 15.9. The van der Waals surface area contributed by atoms with Gasteiger partial charge in [-0.1, -0.05) is 54.3 Å². The van der Waals surface area contributed by atoms with Gasteiger partial charge in [-0.25, -0.2) is 0 Å². The molecule has 2 N–H and O–H groups in total. The molecule has 2 aromatic rings. The molecule has 0 unspecified atom stereocenters. The van der Waals surface area contributed by atoms with Gasteiger partial charge in [0, 0.05) is 17.9 Å². The predicted molar refractivity (Wildman–Crippen MR) is 114 cm³/mol. The number of carboxylic acid groups (broad SMARTS) is 1. The van der Waals surface area contributed by atoms with Crippen LogP contribution < -0.4 is 0 Å². The normalized spacial score (nSPS) is 10.9. The summed E-state index contributed by atoms with van der Waals surface area (Å²) in [5, 5.41) is 27.5. The Morgan fingerprint density at radius 1 is 1.14 bits per heavy atom. The number of carboxylic acids is 1. The van der Waals surface area contributed by atoms with Crippen LogP contribution in [0, 0.1) is 0 Å². The summed E-state index contributed by atoms with van der Waals surface area (Å²) in [7, 11) is 0. The molecule has 1 aromatic carbocycles. The van der Waals surface area contributed by atoms with Crippen LogP contribution in [0.25, 0.3) is 0 Å². The average molecular weight is 441 g/mol. The first-order valence-electron chi connectivity index (χ1n) is 9.07. The number of Topliss-reactive ketones (excluding diaryl/α,β-unsaturated/α-hetero) is 1. The van der Waals surface area contributed by atoms with Crippen molar-refractivity contribution >= 4 is 46.6 Å². The van der Waals surface area contributed by atoms with E-state index in [-0.39, 0.29) is 18.0 Å². The van der Waals surface area contributed by atoms with Crippen LogP contribution >= 0.6 is 34.9 Å². The Kier molecular flexibility index (Phi) is 9.27. The number of aromatic hydroxyl groups is 1. The maximum atomic E-state index is 11.7. The molecular formula is C19H24N2O4S3. The van der Waals surface area contributed by atoms with Crippen LogP contribution in [-0.4, -0.2) is 37.9 Å². The van der Waals surface area contributed by atoms with E-state index in [1.807, 2.05) is 13.0 Å². The second-order valence-corrected chi connectivity index (χ2v) is 9.77. The Bertz CT molecular complexity index is 824. The zero-order valence-corrected chi connectivity index (χ0v) is 18.4. The standard InChI is InChI=1S/C19H24N2O4S3/c1-3-6-15-13(8-9-14(12(2)22)17(15)25)11-27-19-21-20-18(28-19)26-10-5-4-7-16(23)24/h8-9,25H,3-7,10-11H2,1-2H3,(H,23,24). The molecule has 0 bridgehead atoms. The summed E-state index contributed by atoms with van der Waals surface area (Å²) in [6.07, 6.45) is 3.31. The van der Waals surface area contributed by atoms with Crippen molar-refractivity contribution in [1.82, 2.24) is 10.2 Å². The largest absolute Gasteiger partial charge is 0.507 e. The first kappa shape index (κ1) is 22.7. The van der Waals surface area contributed by atoms with Crippen molar-refractivity contribution in [3.05, 3.63) is 28.8 Å². The van der Waals surface area contributed by atoms with Gasteiger partial charge >= 0.3 is 5.97 Å². The van der Waals surface area contributed by atoms with Gasteiger partial charge in [0.05, 0.1) is 5.56 Å². The van der Waals surface area contributed by atoms with Crippen LogP contribution in [0.15, 0.2) is 20.8 Å². The Morgan fingerprint density at radius 2 is 1.86 bits per heavy atom. The number of aromatic nitrogens is 2. The molecule has 0 fully saturated rings. The number of aliphatic carboxylic acids is 1. The zero-order chi connectivity index (χ0) is 20.5. The van der Waals surface area contributed by atoms with Crippen LogP contribution in [0.5, 0.6) is 5.75 Å². The van der Waals surface area contributed by atoms with E-state index in [2.05, 4.69) is 10.2 Å². The maximum absolute atomic E-state index is 11.7. The molecule has 0 aliphatic carbocycles. The lowest BCUT2D eigenvalue weighted by Gasteiger charge is -2.12. The summed E-state index contributed by atoms with van der Waals surface area (Å²) < 4.78 is 1.73. The number of ketones is 1. The lowest BCUT2D eigenvalue weighted by Crippen LogP contribution is -2.00. The molecule has 0 spiro atoms. The number of phenolic OH excluding ortho intramolecular Hbond substituents is 1. The molecule has 0 radical (unpaired) electrons. The van der Waals surface area contributed by atoms with Gasteiger partial charge in [-0.05, 0) is 43.4 Å². The third-order valence-corrected chi connectivity index (χ3v) is 7.33. The number of thioether (sulfide) groups is 2. The SMILES string of the molecule is CCCc1c(CSc2nnc(SCCCCC(=O)O)s2)ccc(C(C)=O)c1O. The van der Waals surface area contributed by atoms with E-state index in [9.17, 15) is 14.7 Å². The number of benzene rings is 1. The number of phenols is 1. The van der Waals surface area contributed by atoms with Crippen molar-refractivity contribution in [1.29, 1.82) is 0 Å².